The number of aliphatic hydroxyl groups is 1. The van der Waals surface area contributed by atoms with Gasteiger partial charge in [-0.3, -0.25) is 24.1 Å². The summed E-state index contributed by atoms with van der Waals surface area (Å²) >= 11 is 1.49. The number of ether oxygens (including phenoxy) is 15. The van der Waals surface area contributed by atoms with Crippen LogP contribution >= 0.6 is 11.8 Å². The van der Waals surface area contributed by atoms with Crippen molar-refractivity contribution in [3.8, 4) is 11.1 Å². The van der Waals surface area contributed by atoms with Crippen LogP contribution in [0.5, 0.6) is 0 Å². The molecule has 0 saturated carbocycles. The van der Waals surface area contributed by atoms with Crippen LogP contribution in [0.1, 0.15) is 67.3 Å². The van der Waals surface area contributed by atoms with Crippen LogP contribution in [-0.2, 0) is 110 Å². The van der Waals surface area contributed by atoms with E-state index in [9.17, 15) is 38.7 Å². The highest BCUT2D eigenvalue weighted by Gasteiger charge is 2.63. The van der Waals surface area contributed by atoms with Crippen LogP contribution in [0.2, 0.25) is 0 Å². The maximum Gasteiger partial charge on any atom is 0.508 e. The van der Waals surface area contributed by atoms with Crippen molar-refractivity contribution in [3.05, 3.63) is 167 Å². The van der Waals surface area contributed by atoms with Crippen LogP contribution in [0.4, 0.5) is 14.4 Å². The Bertz CT molecular complexity index is 3660. The number of thioether (sulfide) groups is 1. The molecule has 4 N–H and O–H groups in total. The molecule has 103 heavy (non-hydrogen) atoms. The van der Waals surface area contributed by atoms with Gasteiger partial charge < -0.3 is 97.0 Å². The van der Waals surface area contributed by atoms with E-state index in [4.69, 9.17) is 71.1 Å². The number of carbonyl (C=O) groups is 7. The number of methoxy groups -OCH3 is 3. The van der Waals surface area contributed by atoms with Crippen molar-refractivity contribution in [2.75, 3.05) is 80.1 Å². The van der Waals surface area contributed by atoms with Gasteiger partial charge in [-0.1, -0.05) is 146 Å². The zero-order chi connectivity index (χ0) is 72.8. The van der Waals surface area contributed by atoms with Crippen molar-refractivity contribution >= 4 is 53.8 Å². The maximum atomic E-state index is 14.6. The summed E-state index contributed by atoms with van der Waals surface area (Å²) in [5, 5.41) is 18.8. The van der Waals surface area contributed by atoms with E-state index >= 15 is 0 Å². The van der Waals surface area contributed by atoms with Crippen LogP contribution in [0.25, 0.3) is 11.1 Å². The van der Waals surface area contributed by atoms with Gasteiger partial charge in [-0.2, -0.15) is 0 Å². The van der Waals surface area contributed by atoms with Crippen LogP contribution in [0.3, 0.4) is 0 Å². The fourth-order valence-corrected chi connectivity index (χ4v) is 14.7. The van der Waals surface area contributed by atoms with Crippen molar-refractivity contribution < 1.29 is 110 Å². The Morgan fingerprint density at radius 2 is 1.04 bits per heavy atom. The molecule has 6 aliphatic rings. The van der Waals surface area contributed by atoms with Crippen molar-refractivity contribution in [2.24, 2.45) is 0 Å². The van der Waals surface area contributed by atoms with E-state index < -0.39 is 158 Å². The number of nitrogens with one attached hydrogen (secondary N) is 3. The van der Waals surface area contributed by atoms with Gasteiger partial charge in [0.15, 0.2) is 6.29 Å². The number of likely N-dealkylation sites (tertiary alicyclic amines) is 2. The van der Waals surface area contributed by atoms with Crippen LogP contribution < -0.4 is 16.0 Å². The molecule has 5 heterocycles. The zero-order valence-corrected chi connectivity index (χ0v) is 59.2. The third-order valence-electron chi connectivity index (χ3n) is 19.3. The molecule has 1 aliphatic carbocycles. The molecule has 554 valence electrons. The summed E-state index contributed by atoms with van der Waals surface area (Å²) in [6, 6.07) is 41.6. The normalized spacial score (nSPS) is 28.6. The number of likely N-dealkylation sites (N-methyl/N-ethyl adjacent to an activating group) is 1. The van der Waals surface area contributed by atoms with Gasteiger partial charge in [-0.15, -0.1) is 11.8 Å². The van der Waals surface area contributed by atoms with Crippen molar-refractivity contribution in [2.45, 2.75) is 156 Å². The minimum Gasteiger partial charge on any atom is -0.448 e. The Morgan fingerprint density at radius 3 is 1.56 bits per heavy atom. The van der Waals surface area contributed by atoms with Gasteiger partial charge in [0.2, 0.25) is 35.2 Å². The monoisotopic (exact) mass is 1450 g/mol. The van der Waals surface area contributed by atoms with Gasteiger partial charge in [-0.25, -0.2) is 14.4 Å². The summed E-state index contributed by atoms with van der Waals surface area (Å²) < 4.78 is 91.5. The Hall–Kier alpha value is -8.30. The summed E-state index contributed by atoms with van der Waals surface area (Å²) in [5.74, 6) is -5.79. The molecule has 0 spiro atoms. The number of hydrogen-bond acceptors (Lipinski definition) is 24. The smallest absolute Gasteiger partial charge is 0.448 e. The number of nitrogens with zero attached hydrogens (tertiary/aromatic N) is 2. The molecule has 28 nitrogen and oxygen atoms in total. The summed E-state index contributed by atoms with van der Waals surface area (Å²) in [6.45, 7) is 2.71. The van der Waals surface area contributed by atoms with E-state index in [1.807, 2.05) is 146 Å². The highest BCUT2D eigenvalue weighted by Crippen LogP contribution is 2.46. The second-order valence-corrected chi connectivity index (χ2v) is 27.1. The van der Waals surface area contributed by atoms with Gasteiger partial charge in [0.1, 0.15) is 98.4 Å². The number of hydrogen-bond donors (Lipinski definition) is 4. The van der Waals surface area contributed by atoms with Gasteiger partial charge in [0.05, 0.1) is 46.0 Å². The third kappa shape index (κ3) is 17.9. The number of rotatable bonds is 28. The molecule has 0 radical (unpaired) electrons. The molecule has 2 unspecified atom stereocenters. The van der Waals surface area contributed by atoms with E-state index in [2.05, 4.69) is 16.0 Å². The van der Waals surface area contributed by atoms with Crippen LogP contribution in [0.15, 0.2) is 140 Å². The summed E-state index contributed by atoms with van der Waals surface area (Å²) in [4.78, 5) is 100. The lowest BCUT2D eigenvalue weighted by atomic mass is 9.94. The van der Waals surface area contributed by atoms with E-state index in [0.717, 1.165) is 48.7 Å². The van der Waals surface area contributed by atoms with Gasteiger partial charge >= 0.3 is 18.4 Å². The minimum atomic E-state index is -1.55. The standard InChI is InChI=1S/C74H89N5O23S/c1-8-103-69-65(93-40-46-26-16-11-17-27-46)64(92-39-45-24-14-10-15-25-45)61(91-38-44-22-12-9-13-23-44)56(100-69)42-95-71(86)97-47-32-54(66(83)76-34-58(80)75-4)78(36-47)59(81)35-77-67(84)55-33-48(37-79(55)70(85)94-41-53-51-30-20-18-28-49(51)50-29-19-21-31-52(50)53)98-72(87)96-43-57-62-63(60(82)68(88-5)99-57)102-74(3,90-7)73(2,89-6)101-62/h9-31,47-48,53-57,60-65,68-69,82H,8,32-43H2,1-7H3,(H,75,80)(H,76,83)(H,77,84)/t47?,48?,54-,55-,56+,57+,60+,61+,62+,63+,64-,65+,68+,69-,73-,74-/m0/s1. The molecule has 5 saturated heterocycles. The Labute approximate surface area is 601 Å². The molecular formula is C74H89N5O23S. The first-order valence-corrected chi connectivity index (χ1v) is 35.3. The highest BCUT2D eigenvalue weighted by molar-refractivity contribution is 7.99. The van der Waals surface area contributed by atoms with E-state index in [0.29, 0.717) is 5.75 Å². The molecule has 5 fully saturated rings. The number of amides is 5. The van der Waals surface area contributed by atoms with Gasteiger partial charge in [-0.05, 0) is 58.5 Å². The van der Waals surface area contributed by atoms with Crippen molar-refractivity contribution in [1.82, 2.24) is 25.8 Å². The van der Waals surface area contributed by atoms with Crippen molar-refractivity contribution in [3.63, 3.8) is 0 Å². The molecular weight excluding hydrogens is 1360 g/mol. The molecule has 0 bridgehead atoms. The first kappa shape index (κ1) is 75.8. The second kappa shape index (κ2) is 35.0. The molecule has 5 amide bonds. The van der Waals surface area contributed by atoms with Crippen LogP contribution in [-0.4, -0.2) is 233 Å². The average molecular weight is 1450 g/mol. The lowest BCUT2D eigenvalue weighted by Gasteiger charge is -2.56. The highest BCUT2D eigenvalue weighted by atomic mass is 32.2. The minimum absolute atomic E-state index is 0.135. The first-order valence-electron chi connectivity index (χ1n) is 34.2. The van der Waals surface area contributed by atoms with E-state index in [-0.39, 0.29) is 64.9 Å². The molecule has 0 aromatic heterocycles. The summed E-state index contributed by atoms with van der Waals surface area (Å²) in [5.41, 5.74) is 5.88. The maximum absolute atomic E-state index is 14.6. The Morgan fingerprint density at radius 1 is 0.563 bits per heavy atom. The predicted molar refractivity (Wildman–Crippen MR) is 367 cm³/mol. The van der Waals surface area contributed by atoms with Gasteiger partial charge in [0.25, 0.3) is 0 Å². The number of fused-ring (bicyclic) bond motifs is 4. The molecule has 29 heteroatoms. The lowest BCUT2D eigenvalue weighted by Crippen LogP contribution is -2.73. The first-order chi connectivity index (χ1) is 49.8. The second-order valence-electron chi connectivity index (χ2n) is 25.7. The molecule has 5 aromatic carbocycles. The fraction of sp³-hybridized carbons (Fsp3) is 0.500. The number of carbonyl (C=O) groups excluding carboxylic acids is 7. The summed E-state index contributed by atoms with van der Waals surface area (Å²) in [7, 11) is 5.46. The van der Waals surface area contributed by atoms with Crippen molar-refractivity contribution in [1.29, 1.82) is 0 Å². The Balaban J connectivity index is 0.772. The largest absolute Gasteiger partial charge is 0.508 e. The quantitative estimate of drug-likeness (QED) is 0.0324. The van der Waals surface area contributed by atoms with Gasteiger partial charge in [0, 0.05) is 47.1 Å². The molecule has 5 aromatic rings. The third-order valence-corrected chi connectivity index (χ3v) is 20.4. The predicted octanol–water partition coefficient (Wildman–Crippen LogP) is 6.11. The number of aliphatic hydroxyl groups excluding tert-OH is 1. The SMILES string of the molecule is CCS[C@@H]1O[C@H](COC(=O)OC2C[C@@H](C(=O)NCC(=O)NC)N(C(=O)CNC(=O)[C@@H]3CC(OC(=O)OC[C@H]4O[C@@H](OC)[C@H](O)[C@H]5O[C@](C)(OC)[C@@](C)(OC)O[C@@H]54)CN3C(=O)OCC3c4ccccc4-c4ccccc43)C2)[C@@H](OCc2ccccc2)[C@H](OCc2ccccc2)[C@H]1OCc1ccccc1. The van der Waals surface area contributed by atoms with Crippen LogP contribution in [0, 0.1) is 0 Å². The topological polar surface area (TPSA) is 321 Å². The van der Waals surface area contributed by atoms with E-state index in [1.54, 1.807) is 13.8 Å². The molecule has 11 rings (SSSR count). The Kier molecular flexibility index (Phi) is 25.8. The number of benzene rings is 5. The van der Waals surface area contributed by atoms with E-state index in [1.165, 1.54) is 40.1 Å². The fourth-order valence-electron chi connectivity index (χ4n) is 13.7. The average Bonchev–Trinajstić information content (AvgIpc) is 1.56. The summed E-state index contributed by atoms with van der Waals surface area (Å²) in [6.07, 6.45) is -15.5. The zero-order valence-electron chi connectivity index (χ0n) is 58.4. The molecule has 16 atom stereocenters. The molecule has 5 aliphatic heterocycles. The lowest BCUT2D eigenvalue weighted by molar-refractivity contribution is -0.479.